The molecule has 5 rings (SSSR count). The molecule has 1 heterocycles. The highest BCUT2D eigenvalue weighted by atomic mass is 19.4. The van der Waals surface area contributed by atoms with Gasteiger partial charge in [0, 0.05) is 29.9 Å². The van der Waals surface area contributed by atoms with Crippen LogP contribution in [0, 0.1) is 6.92 Å². The number of ether oxygens (including phenoxy) is 1. The van der Waals surface area contributed by atoms with Crippen LogP contribution in [0.4, 0.5) is 24.5 Å². The van der Waals surface area contributed by atoms with Crippen LogP contribution in [-0.4, -0.2) is 22.7 Å². The van der Waals surface area contributed by atoms with Gasteiger partial charge in [-0.05, 0) is 73.2 Å². The number of oxazole rings is 1. The van der Waals surface area contributed by atoms with E-state index in [0.29, 0.717) is 41.7 Å². The minimum Gasteiger partial charge on any atom is -0.493 e. The van der Waals surface area contributed by atoms with E-state index in [-0.39, 0.29) is 17.8 Å². The lowest BCUT2D eigenvalue weighted by Crippen LogP contribution is -2.19. The Balaban J connectivity index is 1.34. The van der Waals surface area contributed by atoms with E-state index < -0.39 is 17.7 Å². The molecule has 0 aliphatic heterocycles. The highest BCUT2D eigenvalue weighted by Gasteiger charge is 2.31. The number of carboxylic acids is 1. The summed E-state index contributed by atoms with van der Waals surface area (Å²) >= 11 is 0. The van der Waals surface area contributed by atoms with Gasteiger partial charge in [-0.25, -0.2) is 9.78 Å². The number of carbonyl (C=O) groups is 1. The van der Waals surface area contributed by atoms with Crippen molar-refractivity contribution in [3.8, 4) is 17.2 Å². The average Bonchev–Trinajstić information content (AvgIpc) is 3.36. The summed E-state index contributed by atoms with van der Waals surface area (Å²) < 4.78 is 52.3. The smallest absolute Gasteiger partial charge is 0.416 e. The zero-order chi connectivity index (χ0) is 29.7. The van der Waals surface area contributed by atoms with E-state index in [4.69, 9.17) is 9.15 Å². The Morgan fingerprint density at radius 2 is 1.62 bits per heavy atom. The maximum absolute atomic E-state index is 13.5. The third-order valence-corrected chi connectivity index (χ3v) is 6.73. The van der Waals surface area contributed by atoms with Crippen molar-refractivity contribution < 1.29 is 32.2 Å². The predicted octanol–water partition coefficient (Wildman–Crippen LogP) is 8.33. The minimum atomic E-state index is -4.53. The monoisotopic (exact) mass is 572 g/mol. The van der Waals surface area contributed by atoms with Crippen LogP contribution in [0.25, 0.3) is 11.5 Å². The van der Waals surface area contributed by atoms with Gasteiger partial charge in [0.15, 0.2) is 0 Å². The van der Waals surface area contributed by atoms with Crippen LogP contribution in [0.2, 0.25) is 0 Å². The zero-order valence-electron chi connectivity index (χ0n) is 22.6. The summed E-state index contributed by atoms with van der Waals surface area (Å²) in [5.41, 5.74) is 2.26. The van der Waals surface area contributed by atoms with Crippen LogP contribution in [0.5, 0.6) is 5.75 Å². The molecule has 0 aliphatic carbocycles. The normalized spacial score (nSPS) is 11.3. The Labute approximate surface area is 240 Å². The van der Waals surface area contributed by atoms with Crippen molar-refractivity contribution in [1.82, 2.24) is 4.98 Å². The van der Waals surface area contributed by atoms with Crippen LogP contribution < -0.4 is 9.64 Å². The molecule has 214 valence electrons. The third-order valence-electron chi connectivity index (χ3n) is 6.73. The van der Waals surface area contributed by atoms with Crippen molar-refractivity contribution >= 4 is 17.3 Å². The molecule has 1 aromatic heterocycles. The number of benzene rings is 4. The first-order chi connectivity index (χ1) is 20.2. The molecule has 0 spiro atoms. The number of aromatic carboxylic acids is 1. The van der Waals surface area contributed by atoms with Crippen molar-refractivity contribution in [2.24, 2.45) is 0 Å². The standard InChI is InChI=1S/C33H27F3N2O4/c1-22-30(37-31(42-22)23-8-3-2-4-9-23)18-19-41-28-16-14-26(15-17-28)38(21-24-10-5-6-13-29(24)32(39)40)27-12-7-11-25(20-27)33(34,35)36/h2-17,20H,18-19,21H2,1H3,(H,39,40). The molecule has 5 aromatic rings. The van der Waals surface area contributed by atoms with Crippen molar-refractivity contribution in [3.63, 3.8) is 0 Å². The Morgan fingerprint density at radius 3 is 2.33 bits per heavy atom. The van der Waals surface area contributed by atoms with Crippen molar-refractivity contribution in [1.29, 1.82) is 0 Å². The van der Waals surface area contributed by atoms with Gasteiger partial charge in [0.05, 0.1) is 23.4 Å². The number of alkyl halides is 3. The fraction of sp³-hybridized carbons (Fsp3) is 0.152. The van der Waals surface area contributed by atoms with Gasteiger partial charge in [-0.3, -0.25) is 0 Å². The van der Waals surface area contributed by atoms with Gasteiger partial charge < -0.3 is 19.2 Å². The number of carboxylic acid groups (broad SMARTS) is 1. The second-order valence-corrected chi connectivity index (χ2v) is 9.58. The van der Waals surface area contributed by atoms with E-state index in [9.17, 15) is 23.1 Å². The van der Waals surface area contributed by atoms with Crippen LogP contribution in [0.3, 0.4) is 0 Å². The van der Waals surface area contributed by atoms with Gasteiger partial charge in [-0.2, -0.15) is 13.2 Å². The predicted molar refractivity (Wildman–Crippen MR) is 153 cm³/mol. The van der Waals surface area contributed by atoms with Crippen molar-refractivity contribution in [3.05, 3.63) is 131 Å². The number of hydrogen-bond donors (Lipinski definition) is 1. The number of aryl methyl sites for hydroxylation is 1. The van der Waals surface area contributed by atoms with Crippen LogP contribution >= 0.6 is 0 Å². The van der Waals surface area contributed by atoms with Crippen LogP contribution in [-0.2, 0) is 19.1 Å². The topological polar surface area (TPSA) is 75.8 Å². The summed E-state index contributed by atoms with van der Waals surface area (Å²) in [4.78, 5) is 18.0. The molecule has 0 bridgehead atoms. The van der Waals surface area contributed by atoms with Gasteiger partial charge in [0.1, 0.15) is 11.5 Å². The number of hydrogen-bond acceptors (Lipinski definition) is 5. The maximum Gasteiger partial charge on any atom is 0.416 e. The number of rotatable bonds is 10. The Morgan fingerprint density at radius 1 is 0.905 bits per heavy atom. The number of aromatic nitrogens is 1. The molecule has 1 N–H and O–H groups in total. The zero-order valence-corrected chi connectivity index (χ0v) is 22.6. The van der Waals surface area contributed by atoms with Gasteiger partial charge >= 0.3 is 12.1 Å². The summed E-state index contributed by atoms with van der Waals surface area (Å²) in [6.45, 7) is 2.23. The molecule has 6 nitrogen and oxygen atoms in total. The first kappa shape index (κ1) is 28.5. The second kappa shape index (κ2) is 12.2. The quantitative estimate of drug-likeness (QED) is 0.181. The lowest BCUT2D eigenvalue weighted by Gasteiger charge is -2.27. The third kappa shape index (κ3) is 6.63. The van der Waals surface area contributed by atoms with E-state index in [2.05, 4.69) is 4.98 Å². The first-order valence-electron chi connectivity index (χ1n) is 13.2. The molecule has 0 fully saturated rings. The summed E-state index contributed by atoms with van der Waals surface area (Å²) in [6.07, 6.45) is -4.01. The Hall–Kier alpha value is -5.05. The molecule has 0 radical (unpaired) electrons. The van der Waals surface area contributed by atoms with Crippen LogP contribution in [0.15, 0.2) is 108 Å². The van der Waals surface area contributed by atoms with E-state index >= 15 is 0 Å². The van der Waals surface area contributed by atoms with E-state index in [0.717, 1.165) is 23.4 Å². The maximum atomic E-state index is 13.5. The molecular formula is C33H27F3N2O4. The fourth-order valence-corrected chi connectivity index (χ4v) is 4.57. The lowest BCUT2D eigenvalue weighted by molar-refractivity contribution is -0.137. The number of nitrogens with zero attached hydrogens (tertiary/aromatic N) is 2. The molecule has 0 aliphatic rings. The number of anilines is 2. The molecule has 9 heteroatoms. The largest absolute Gasteiger partial charge is 0.493 e. The van der Waals surface area contributed by atoms with Crippen molar-refractivity contribution in [2.45, 2.75) is 26.1 Å². The molecule has 4 aromatic carbocycles. The van der Waals surface area contributed by atoms with Gasteiger partial charge in [-0.1, -0.05) is 42.5 Å². The summed E-state index contributed by atoms with van der Waals surface area (Å²) in [5, 5.41) is 9.65. The van der Waals surface area contributed by atoms with Gasteiger partial charge in [0.2, 0.25) is 5.89 Å². The molecule has 42 heavy (non-hydrogen) atoms. The molecule has 0 saturated carbocycles. The van der Waals surface area contributed by atoms with E-state index in [1.54, 1.807) is 53.4 Å². The Kier molecular flexibility index (Phi) is 8.28. The average molecular weight is 573 g/mol. The summed E-state index contributed by atoms with van der Waals surface area (Å²) in [5.74, 6) is 0.715. The van der Waals surface area contributed by atoms with Crippen LogP contribution in [0.1, 0.15) is 32.9 Å². The van der Waals surface area contributed by atoms with Crippen molar-refractivity contribution in [2.75, 3.05) is 11.5 Å². The number of halogens is 3. The molecule has 0 saturated heterocycles. The SMILES string of the molecule is Cc1oc(-c2ccccc2)nc1CCOc1ccc(N(Cc2ccccc2C(=O)O)c2cccc(C(F)(F)F)c2)cc1. The molecule has 0 amide bonds. The first-order valence-corrected chi connectivity index (χ1v) is 13.2. The molecule has 0 unspecified atom stereocenters. The van der Waals surface area contributed by atoms with E-state index in [1.807, 2.05) is 37.3 Å². The van der Waals surface area contributed by atoms with E-state index in [1.165, 1.54) is 12.1 Å². The second-order valence-electron chi connectivity index (χ2n) is 9.58. The Bertz CT molecular complexity index is 1670. The summed E-state index contributed by atoms with van der Waals surface area (Å²) in [6, 6.07) is 27.9. The molecule has 0 atom stereocenters. The summed E-state index contributed by atoms with van der Waals surface area (Å²) in [7, 11) is 0. The highest BCUT2D eigenvalue weighted by Crippen LogP contribution is 2.35. The fourth-order valence-electron chi connectivity index (χ4n) is 4.57. The van der Waals surface area contributed by atoms with Gasteiger partial charge in [0.25, 0.3) is 0 Å². The minimum absolute atomic E-state index is 0.0408. The lowest BCUT2D eigenvalue weighted by atomic mass is 10.1. The highest BCUT2D eigenvalue weighted by molar-refractivity contribution is 5.89. The molecular weight excluding hydrogens is 545 g/mol. The van der Waals surface area contributed by atoms with Gasteiger partial charge in [-0.15, -0.1) is 0 Å².